The first-order chi connectivity index (χ1) is 15.3. The van der Waals surface area contributed by atoms with Crippen molar-refractivity contribution in [3.63, 3.8) is 0 Å². The van der Waals surface area contributed by atoms with Crippen LogP contribution in [0.2, 0.25) is 0 Å². The lowest BCUT2D eigenvalue weighted by Gasteiger charge is -2.27. The van der Waals surface area contributed by atoms with Crippen molar-refractivity contribution >= 4 is 11.7 Å². The number of rotatable bonds is 10. The fourth-order valence-corrected chi connectivity index (χ4v) is 3.84. The number of aryl methyl sites for hydroxylation is 1. The van der Waals surface area contributed by atoms with Crippen LogP contribution >= 0.6 is 0 Å². The summed E-state index contributed by atoms with van der Waals surface area (Å²) in [4.78, 5) is 29.8. The topological polar surface area (TPSA) is 92.5 Å². The molecule has 2 heterocycles. The van der Waals surface area contributed by atoms with Crippen LogP contribution < -0.4 is 9.47 Å². The average molecular weight is 443 g/mol. The SMILES string of the molecule is CCOc1ccc([C@H]2C(C(=O)c3ccc(C)o3)=C(O)C(=O)N2CCCN(C)C)cc1OC. The van der Waals surface area contributed by atoms with E-state index in [0.29, 0.717) is 42.4 Å². The zero-order valence-electron chi connectivity index (χ0n) is 19.2. The molecule has 0 radical (unpaired) electrons. The number of aliphatic hydroxyl groups excluding tert-OH is 1. The van der Waals surface area contributed by atoms with Gasteiger partial charge < -0.3 is 28.8 Å². The number of amides is 1. The van der Waals surface area contributed by atoms with Gasteiger partial charge in [-0.1, -0.05) is 6.07 Å². The Morgan fingerprint density at radius 2 is 1.97 bits per heavy atom. The van der Waals surface area contributed by atoms with E-state index in [1.54, 1.807) is 37.3 Å². The van der Waals surface area contributed by atoms with Crippen LogP contribution in [0.1, 0.15) is 41.3 Å². The van der Waals surface area contributed by atoms with Gasteiger partial charge in [0.05, 0.1) is 25.3 Å². The monoisotopic (exact) mass is 442 g/mol. The van der Waals surface area contributed by atoms with Gasteiger partial charge in [-0.05, 0) is 70.7 Å². The third kappa shape index (κ3) is 4.65. The summed E-state index contributed by atoms with van der Waals surface area (Å²) >= 11 is 0. The van der Waals surface area contributed by atoms with Gasteiger partial charge in [-0.3, -0.25) is 9.59 Å². The van der Waals surface area contributed by atoms with Gasteiger partial charge in [0.25, 0.3) is 5.91 Å². The van der Waals surface area contributed by atoms with Crippen molar-refractivity contribution in [3.05, 3.63) is 58.7 Å². The summed E-state index contributed by atoms with van der Waals surface area (Å²) < 4.78 is 16.6. The molecule has 0 saturated heterocycles. The smallest absolute Gasteiger partial charge is 0.290 e. The fourth-order valence-electron chi connectivity index (χ4n) is 3.84. The van der Waals surface area contributed by atoms with Crippen LogP contribution in [0.5, 0.6) is 11.5 Å². The number of carbonyl (C=O) groups excluding carboxylic acids is 2. The number of methoxy groups -OCH3 is 1. The Morgan fingerprint density at radius 1 is 1.22 bits per heavy atom. The summed E-state index contributed by atoms with van der Waals surface area (Å²) in [5, 5.41) is 10.7. The van der Waals surface area contributed by atoms with Crippen molar-refractivity contribution in [2.45, 2.75) is 26.3 Å². The molecular formula is C24H30N2O6. The molecule has 1 aliphatic rings. The van der Waals surface area contributed by atoms with Gasteiger partial charge in [0, 0.05) is 6.54 Å². The summed E-state index contributed by atoms with van der Waals surface area (Å²) in [7, 11) is 5.43. The van der Waals surface area contributed by atoms with Crippen LogP contribution in [-0.4, -0.2) is 67.5 Å². The van der Waals surface area contributed by atoms with Crippen molar-refractivity contribution in [2.75, 3.05) is 40.9 Å². The molecule has 0 spiro atoms. The molecule has 0 unspecified atom stereocenters. The van der Waals surface area contributed by atoms with Gasteiger partial charge in [0.1, 0.15) is 5.76 Å². The van der Waals surface area contributed by atoms with E-state index in [-0.39, 0.29) is 11.3 Å². The fraction of sp³-hybridized carbons (Fsp3) is 0.417. The predicted octanol–water partition coefficient (Wildman–Crippen LogP) is 3.53. The summed E-state index contributed by atoms with van der Waals surface area (Å²) in [5.74, 6) is 0.0497. The summed E-state index contributed by atoms with van der Waals surface area (Å²) in [5.41, 5.74) is 0.639. The van der Waals surface area contributed by atoms with Crippen LogP contribution in [0.4, 0.5) is 0 Å². The van der Waals surface area contributed by atoms with E-state index in [9.17, 15) is 14.7 Å². The molecule has 1 aliphatic heterocycles. The largest absolute Gasteiger partial charge is 0.503 e. The molecule has 1 amide bonds. The molecule has 2 aromatic rings. The Balaban J connectivity index is 2.06. The lowest BCUT2D eigenvalue weighted by Crippen LogP contribution is -2.33. The van der Waals surface area contributed by atoms with E-state index in [1.807, 2.05) is 25.9 Å². The number of ether oxygens (including phenoxy) is 2. The molecule has 1 aromatic carbocycles. The Hall–Kier alpha value is -3.26. The van der Waals surface area contributed by atoms with E-state index in [4.69, 9.17) is 13.9 Å². The molecular weight excluding hydrogens is 412 g/mol. The minimum absolute atomic E-state index is 0.000385. The van der Waals surface area contributed by atoms with Crippen LogP contribution in [-0.2, 0) is 4.79 Å². The first-order valence-electron chi connectivity index (χ1n) is 10.6. The van der Waals surface area contributed by atoms with Gasteiger partial charge in [-0.15, -0.1) is 0 Å². The van der Waals surface area contributed by atoms with Gasteiger partial charge >= 0.3 is 0 Å². The standard InChI is InChI=1S/C24H30N2O6/c1-6-31-17-11-9-16(14-19(17)30-5)21-20(22(27)18-10-8-15(2)32-18)23(28)24(29)26(21)13-7-12-25(3)4/h8-11,14,21,28H,6-7,12-13H2,1-5H3/t21-/m0/s1. The third-order valence-corrected chi connectivity index (χ3v) is 5.32. The predicted molar refractivity (Wildman–Crippen MR) is 119 cm³/mol. The molecule has 8 heteroatoms. The Bertz CT molecular complexity index is 1020. The molecule has 1 aromatic heterocycles. The van der Waals surface area contributed by atoms with Crippen LogP contribution in [0.3, 0.4) is 0 Å². The maximum atomic E-state index is 13.3. The van der Waals surface area contributed by atoms with E-state index < -0.39 is 23.5 Å². The van der Waals surface area contributed by atoms with Crippen LogP contribution in [0.25, 0.3) is 0 Å². The first-order valence-corrected chi connectivity index (χ1v) is 10.6. The van der Waals surface area contributed by atoms with Crippen molar-refractivity contribution in [3.8, 4) is 11.5 Å². The molecule has 172 valence electrons. The molecule has 1 N–H and O–H groups in total. The maximum absolute atomic E-state index is 13.3. The lowest BCUT2D eigenvalue weighted by molar-refractivity contribution is -0.129. The van der Waals surface area contributed by atoms with Crippen molar-refractivity contribution < 1.29 is 28.6 Å². The Kier molecular flexibility index (Phi) is 7.25. The molecule has 0 fully saturated rings. The van der Waals surface area contributed by atoms with Gasteiger partial charge in [0.15, 0.2) is 23.0 Å². The van der Waals surface area contributed by atoms with Crippen molar-refractivity contribution in [2.24, 2.45) is 0 Å². The number of nitrogens with zero attached hydrogens (tertiary/aromatic N) is 2. The molecule has 8 nitrogen and oxygen atoms in total. The average Bonchev–Trinajstić information content (AvgIpc) is 3.30. The van der Waals surface area contributed by atoms with Crippen molar-refractivity contribution in [1.29, 1.82) is 0 Å². The quantitative estimate of drug-likeness (QED) is 0.563. The Morgan fingerprint density at radius 3 is 2.56 bits per heavy atom. The molecule has 0 aliphatic carbocycles. The highest BCUT2D eigenvalue weighted by Crippen LogP contribution is 2.41. The van der Waals surface area contributed by atoms with E-state index in [1.165, 1.54) is 12.0 Å². The van der Waals surface area contributed by atoms with Gasteiger partial charge in [0.2, 0.25) is 5.78 Å². The molecule has 32 heavy (non-hydrogen) atoms. The Labute approximate surface area is 188 Å². The highest BCUT2D eigenvalue weighted by molar-refractivity contribution is 6.15. The van der Waals surface area contributed by atoms with Crippen molar-refractivity contribution in [1.82, 2.24) is 9.80 Å². The second-order valence-corrected chi connectivity index (χ2v) is 7.90. The number of Topliss-reactive ketones (excluding diaryl/α,β-unsaturated/α-hetero) is 1. The zero-order valence-corrected chi connectivity index (χ0v) is 19.2. The second kappa shape index (κ2) is 9.91. The maximum Gasteiger partial charge on any atom is 0.290 e. The number of ketones is 1. The highest BCUT2D eigenvalue weighted by Gasteiger charge is 2.44. The number of benzene rings is 1. The molecule has 3 rings (SSSR count). The highest BCUT2D eigenvalue weighted by atomic mass is 16.5. The number of carbonyl (C=O) groups is 2. The normalized spacial score (nSPS) is 16.2. The first kappa shape index (κ1) is 23.4. The van der Waals surface area contributed by atoms with E-state index in [0.717, 1.165) is 6.54 Å². The van der Waals surface area contributed by atoms with E-state index >= 15 is 0 Å². The zero-order chi connectivity index (χ0) is 23.4. The summed E-state index contributed by atoms with van der Waals surface area (Å²) in [6.07, 6.45) is 0.679. The number of hydrogen-bond acceptors (Lipinski definition) is 7. The van der Waals surface area contributed by atoms with Crippen LogP contribution in [0, 0.1) is 6.92 Å². The minimum Gasteiger partial charge on any atom is -0.503 e. The molecule has 1 atom stereocenters. The number of aliphatic hydroxyl groups is 1. The lowest BCUT2D eigenvalue weighted by atomic mass is 9.94. The summed E-state index contributed by atoms with van der Waals surface area (Å²) in [6, 6.07) is 7.71. The number of furan rings is 1. The second-order valence-electron chi connectivity index (χ2n) is 7.90. The summed E-state index contributed by atoms with van der Waals surface area (Å²) in [6.45, 7) is 5.20. The third-order valence-electron chi connectivity index (χ3n) is 5.32. The minimum atomic E-state index is -0.771. The molecule has 0 saturated carbocycles. The van der Waals surface area contributed by atoms with Crippen LogP contribution in [0.15, 0.2) is 46.1 Å². The van der Waals surface area contributed by atoms with Gasteiger partial charge in [-0.2, -0.15) is 0 Å². The van der Waals surface area contributed by atoms with Gasteiger partial charge in [-0.25, -0.2) is 0 Å². The number of hydrogen-bond donors (Lipinski definition) is 1. The molecule has 0 bridgehead atoms. The van der Waals surface area contributed by atoms with E-state index in [2.05, 4.69) is 0 Å².